The molecule has 0 bridgehead atoms. The highest BCUT2D eigenvalue weighted by molar-refractivity contribution is 7.85. The number of hydrogen-bond donors (Lipinski definition) is 2. The van der Waals surface area contributed by atoms with Crippen LogP contribution in [0.1, 0.15) is 26.2 Å². The molecule has 1 aliphatic rings. The minimum Gasteiger partial charge on any atom is -0.338 e. The van der Waals surface area contributed by atoms with Gasteiger partial charge in [-0.05, 0) is 19.3 Å². The molecule has 0 spiro atoms. The maximum Gasteiger partial charge on any atom is 0.315 e. The van der Waals surface area contributed by atoms with E-state index in [1.807, 2.05) is 6.92 Å². The van der Waals surface area contributed by atoms with Crippen LogP contribution >= 0.6 is 0 Å². The molecule has 0 aliphatic carbocycles. The third kappa shape index (κ3) is 4.09. The maximum atomic E-state index is 11.3. The van der Waals surface area contributed by atoms with Crippen LogP contribution in [-0.2, 0) is 10.8 Å². The van der Waals surface area contributed by atoms with Gasteiger partial charge in [-0.2, -0.15) is 0 Å². The molecule has 1 heterocycles. The van der Waals surface area contributed by atoms with Gasteiger partial charge in [-0.3, -0.25) is 4.21 Å². The number of carbonyl (C=O) groups excluding carboxylic acids is 1. The molecule has 1 rings (SSSR count). The zero-order valence-electron chi connectivity index (χ0n) is 8.54. The van der Waals surface area contributed by atoms with Crippen LogP contribution in [0.25, 0.3) is 0 Å². The molecule has 82 valence electrons. The highest BCUT2D eigenvalue weighted by Gasteiger charge is 2.18. The summed E-state index contributed by atoms with van der Waals surface area (Å²) in [5.74, 6) is 1.44. The molecule has 2 N–H and O–H groups in total. The van der Waals surface area contributed by atoms with Crippen molar-refractivity contribution in [3.8, 4) is 0 Å². The average Bonchev–Trinajstić information content (AvgIpc) is 2.18. The van der Waals surface area contributed by atoms with E-state index in [1.165, 1.54) is 0 Å². The van der Waals surface area contributed by atoms with E-state index in [0.29, 0.717) is 6.54 Å². The minimum absolute atomic E-state index is 0.0930. The molecule has 0 aromatic carbocycles. The molecule has 2 amide bonds. The normalized spacial score (nSPS) is 26.9. The summed E-state index contributed by atoms with van der Waals surface area (Å²) in [7, 11) is -0.653. The van der Waals surface area contributed by atoms with Crippen molar-refractivity contribution >= 4 is 16.8 Å². The second-order valence-corrected chi connectivity index (χ2v) is 5.22. The Morgan fingerprint density at radius 1 is 1.43 bits per heavy atom. The molecular weight excluding hydrogens is 200 g/mol. The summed E-state index contributed by atoms with van der Waals surface area (Å²) in [5.41, 5.74) is 0. The summed E-state index contributed by atoms with van der Waals surface area (Å²) in [5, 5.41) is 5.65. The largest absolute Gasteiger partial charge is 0.338 e. The molecule has 14 heavy (non-hydrogen) atoms. The van der Waals surface area contributed by atoms with Gasteiger partial charge >= 0.3 is 6.03 Å². The summed E-state index contributed by atoms with van der Waals surface area (Å²) < 4.78 is 11.0. The van der Waals surface area contributed by atoms with Gasteiger partial charge in [0.1, 0.15) is 0 Å². The fourth-order valence-electron chi connectivity index (χ4n) is 1.41. The van der Waals surface area contributed by atoms with Crippen LogP contribution < -0.4 is 10.6 Å². The molecule has 0 aromatic rings. The van der Waals surface area contributed by atoms with Crippen molar-refractivity contribution in [2.24, 2.45) is 0 Å². The molecule has 5 heteroatoms. The number of carbonyl (C=O) groups is 1. The summed E-state index contributed by atoms with van der Waals surface area (Å²) >= 11 is 0. The molecule has 0 aromatic heterocycles. The van der Waals surface area contributed by atoms with Crippen LogP contribution in [0.3, 0.4) is 0 Å². The number of urea groups is 1. The number of nitrogens with one attached hydrogen (secondary N) is 2. The van der Waals surface area contributed by atoms with Gasteiger partial charge in [0.2, 0.25) is 0 Å². The van der Waals surface area contributed by atoms with Gasteiger partial charge in [-0.25, -0.2) is 4.79 Å². The van der Waals surface area contributed by atoms with Gasteiger partial charge in [0.25, 0.3) is 0 Å². The van der Waals surface area contributed by atoms with Gasteiger partial charge in [0.15, 0.2) is 0 Å². The molecule has 1 fully saturated rings. The molecule has 0 atom stereocenters. The van der Waals surface area contributed by atoms with Crippen molar-refractivity contribution < 1.29 is 9.00 Å². The van der Waals surface area contributed by atoms with Gasteiger partial charge in [-0.1, -0.05) is 6.92 Å². The van der Waals surface area contributed by atoms with Gasteiger partial charge in [-0.15, -0.1) is 0 Å². The van der Waals surface area contributed by atoms with E-state index < -0.39 is 10.8 Å². The van der Waals surface area contributed by atoms with Crippen molar-refractivity contribution in [3.05, 3.63) is 0 Å². The van der Waals surface area contributed by atoms with Crippen LogP contribution in [0.15, 0.2) is 0 Å². The third-order valence-electron chi connectivity index (χ3n) is 2.26. The summed E-state index contributed by atoms with van der Waals surface area (Å²) in [6.45, 7) is 2.73. The first kappa shape index (κ1) is 11.5. The lowest BCUT2D eigenvalue weighted by Gasteiger charge is -2.22. The number of amides is 2. The zero-order chi connectivity index (χ0) is 10.4. The van der Waals surface area contributed by atoms with E-state index in [2.05, 4.69) is 10.6 Å². The van der Waals surface area contributed by atoms with E-state index in [0.717, 1.165) is 30.8 Å². The van der Waals surface area contributed by atoms with Crippen molar-refractivity contribution in [2.75, 3.05) is 18.1 Å². The lowest BCUT2D eigenvalue weighted by atomic mass is 10.2. The maximum absolute atomic E-state index is 11.3. The summed E-state index contributed by atoms with van der Waals surface area (Å²) in [4.78, 5) is 11.3. The van der Waals surface area contributed by atoms with Crippen LogP contribution in [0, 0.1) is 0 Å². The molecule has 0 saturated carbocycles. The summed E-state index contributed by atoms with van der Waals surface area (Å²) in [6.07, 6.45) is 2.63. The van der Waals surface area contributed by atoms with Crippen LogP contribution in [-0.4, -0.2) is 34.3 Å². The lowest BCUT2D eigenvalue weighted by molar-refractivity contribution is 0.236. The number of rotatable bonds is 3. The fraction of sp³-hybridized carbons (Fsp3) is 0.889. The molecule has 1 aliphatic heterocycles. The Balaban J connectivity index is 2.17. The van der Waals surface area contributed by atoms with E-state index >= 15 is 0 Å². The Bertz CT molecular complexity index is 211. The first-order valence-electron chi connectivity index (χ1n) is 5.11. The Morgan fingerprint density at radius 3 is 2.64 bits per heavy atom. The predicted octanol–water partition coefficient (Wildman–Crippen LogP) is 0.607. The highest BCUT2D eigenvalue weighted by atomic mass is 32.2. The fourth-order valence-corrected chi connectivity index (χ4v) is 2.71. The van der Waals surface area contributed by atoms with E-state index in [4.69, 9.17) is 0 Å². The van der Waals surface area contributed by atoms with E-state index in [1.54, 1.807) is 0 Å². The molecule has 0 radical (unpaired) electrons. The molecular formula is C9H18N2O2S. The molecule has 1 saturated heterocycles. The van der Waals surface area contributed by atoms with Crippen LogP contribution in [0.5, 0.6) is 0 Å². The second kappa shape index (κ2) is 6.01. The Labute approximate surface area is 87.3 Å². The quantitative estimate of drug-likeness (QED) is 0.729. The molecule has 0 unspecified atom stereocenters. The topological polar surface area (TPSA) is 58.2 Å². The van der Waals surface area contributed by atoms with Crippen molar-refractivity contribution in [1.82, 2.24) is 10.6 Å². The predicted molar refractivity (Wildman–Crippen MR) is 57.7 cm³/mol. The Morgan fingerprint density at radius 2 is 2.07 bits per heavy atom. The molecule has 4 nitrogen and oxygen atoms in total. The van der Waals surface area contributed by atoms with Crippen LogP contribution in [0.2, 0.25) is 0 Å². The average molecular weight is 218 g/mol. The first-order valence-corrected chi connectivity index (χ1v) is 6.60. The minimum atomic E-state index is -0.653. The first-order chi connectivity index (χ1) is 6.72. The monoisotopic (exact) mass is 218 g/mol. The van der Waals surface area contributed by atoms with Crippen molar-refractivity contribution in [2.45, 2.75) is 32.2 Å². The van der Waals surface area contributed by atoms with Gasteiger partial charge < -0.3 is 10.6 Å². The van der Waals surface area contributed by atoms with Crippen molar-refractivity contribution in [1.29, 1.82) is 0 Å². The zero-order valence-corrected chi connectivity index (χ0v) is 9.36. The Hall–Kier alpha value is -0.580. The smallest absolute Gasteiger partial charge is 0.315 e. The highest BCUT2D eigenvalue weighted by Crippen LogP contribution is 2.08. The Kier molecular flexibility index (Phi) is 4.93. The third-order valence-corrected chi connectivity index (χ3v) is 3.64. The van der Waals surface area contributed by atoms with Crippen LogP contribution in [0.4, 0.5) is 4.79 Å². The van der Waals surface area contributed by atoms with Gasteiger partial charge in [0, 0.05) is 34.9 Å². The SMILES string of the molecule is CCCNC(=O)NC1CCS(=O)CC1. The summed E-state index contributed by atoms with van der Waals surface area (Å²) in [6, 6.07) is 0.120. The lowest BCUT2D eigenvalue weighted by Crippen LogP contribution is -2.45. The number of hydrogen-bond acceptors (Lipinski definition) is 2. The van der Waals surface area contributed by atoms with E-state index in [9.17, 15) is 9.00 Å². The van der Waals surface area contributed by atoms with E-state index in [-0.39, 0.29) is 12.1 Å². The van der Waals surface area contributed by atoms with Gasteiger partial charge in [0.05, 0.1) is 0 Å². The standard InChI is InChI=1S/C9H18N2O2S/c1-2-5-10-9(12)11-8-3-6-14(13)7-4-8/h8H,2-7H2,1H3,(H2,10,11,12). The second-order valence-electron chi connectivity index (χ2n) is 3.52. The van der Waals surface area contributed by atoms with Crippen molar-refractivity contribution in [3.63, 3.8) is 0 Å².